The molecule has 0 saturated carbocycles. The van der Waals surface area contributed by atoms with Gasteiger partial charge in [0.05, 0.1) is 5.56 Å². The van der Waals surface area contributed by atoms with Gasteiger partial charge in [0.15, 0.2) is 12.2 Å². The van der Waals surface area contributed by atoms with Crippen LogP contribution >= 0.6 is 0 Å². The second-order valence-corrected chi connectivity index (χ2v) is 9.23. The second kappa shape index (κ2) is 14.3. The highest BCUT2D eigenvalue weighted by molar-refractivity contribution is 5.89. The molecule has 0 N–H and O–H groups in total. The van der Waals surface area contributed by atoms with Crippen molar-refractivity contribution in [2.45, 2.75) is 71.9 Å². The molecule has 0 aromatic heterocycles. The minimum atomic E-state index is -1.40. The first kappa shape index (κ1) is 31.1. The van der Waals surface area contributed by atoms with Crippen LogP contribution in [0.3, 0.4) is 0 Å². The van der Waals surface area contributed by atoms with Crippen LogP contribution in [0.4, 0.5) is 0 Å². The molecule has 0 bridgehead atoms. The Hall–Kier alpha value is -4.45. The van der Waals surface area contributed by atoms with Crippen LogP contribution in [0.5, 0.6) is 5.75 Å². The van der Waals surface area contributed by atoms with Gasteiger partial charge >= 0.3 is 29.8 Å². The van der Waals surface area contributed by atoms with Crippen molar-refractivity contribution >= 4 is 29.8 Å². The molecule has 2 aromatic carbocycles. The topological polar surface area (TPSA) is 150 Å². The molecule has 0 aliphatic carbocycles. The van der Waals surface area contributed by atoms with Crippen molar-refractivity contribution in [1.82, 2.24) is 0 Å². The van der Waals surface area contributed by atoms with Gasteiger partial charge in [0, 0.05) is 27.7 Å². The van der Waals surface area contributed by atoms with Crippen molar-refractivity contribution in [3.8, 4) is 5.75 Å². The van der Waals surface area contributed by atoms with Gasteiger partial charge in [0.25, 0.3) is 0 Å². The SMILES string of the molecule is CC(=O)OC[C@H]1OC(Oc2ccc(C(=O)OCc3ccccc3)cc2C)[C@@H](OC(C)=O)[C@@H](OC(C)=O)[C@H]1OC(C)=O. The predicted octanol–water partition coefficient (Wildman–Crippen LogP) is 2.81. The Bertz CT molecular complexity index is 1260. The summed E-state index contributed by atoms with van der Waals surface area (Å²) in [6.45, 7) is 5.96. The van der Waals surface area contributed by atoms with Crippen LogP contribution < -0.4 is 4.74 Å². The van der Waals surface area contributed by atoms with Crippen LogP contribution in [-0.2, 0) is 54.2 Å². The van der Waals surface area contributed by atoms with Gasteiger partial charge in [0.1, 0.15) is 25.1 Å². The van der Waals surface area contributed by atoms with E-state index in [1.165, 1.54) is 19.1 Å². The van der Waals surface area contributed by atoms with E-state index in [4.69, 9.17) is 33.2 Å². The third-order valence-corrected chi connectivity index (χ3v) is 5.81. The first-order valence-corrected chi connectivity index (χ1v) is 12.7. The first-order valence-electron chi connectivity index (χ1n) is 12.7. The number of carbonyl (C=O) groups excluding carboxylic acids is 5. The molecule has 3 rings (SSSR count). The number of benzene rings is 2. The number of ether oxygens (including phenoxy) is 7. The van der Waals surface area contributed by atoms with Gasteiger partial charge < -0.3 is 33.2 Å². The Balaban J connectivity index is 1.87. The van der Waals surface area contributed by atoms with E-state index in [1.54, 1.807) is 13.0 Å². The largest absolute Gasteiger partial charge is 0.463 e. The maximum atomic E-state index is 12.6. The van der Waals surface area contributed by atoms with Gasteiger partial charge in [-0.05, 0) is 36.2 Å². The first-order chi connectivity index (χ1) is 19.4. The molecule has 1 aliphatic rings. The summed E-state index contributed by atoms with van der Waals surface area (Å²) in [5, 5.41) is 0. The Morgan fingerprint density at radius 2 is 1.34 bits per heavy atom. The molecular weight excluding hydrogens is 540 g/mol. The Labute approximate surface area is 236 Å². The molecule has 1 unspecified atom stereocenters. The van der Waals surface area contributed by atoms with Gasteiger partial charge in [-0.3, -0.25) is 19.2 Å². The lowest BCUT2D eigenvalue weighted by Gasteiger charge is -2.44. The molecule has 0 amide bonds. The summed E-state index contributed by atoms with van der Waals surface area (Å²) in [7, 11) is 0. The molecule has 1 heterocycles. The summed E-state index contributed by atoms with van der Waals surface area (Å²) in [6.07, 6.45) is -6.61. The van der Waals surface area contributed by atoms with Crippen LogP contribution in [0.1, 0.15) is 49.2 Å². The molecule has 220 valence electrons. The molecule has 2 aromatic rings. The molecular formula is C29H32O12. The third-order valence-electron chi connectivity index (χ3n) is 5.81. The molecule has 41 heavy (non-hydrogen) atoms. The van der Waals surface area contributed by atoms with E-state index in [-0.39, 0.29) is 24.5 Å². The summed E-state index contributed by atoms with van der Waals surface area (Å²) in [4.78, 5) is 60.0. The van der Waals surface area contributed by atoms with E-state index < -0.39 is 60.6 Å². The highest BCUT2D eigenvalue weighted by atomic mass is 16.7. The molecule has 0 spiro atoms. The fourth-order valence-electron chi connectivity index (χ4n) is 4.12. The standard InChI is InChI=1S/C29H32O12/c1-16-13-22(28(34)36-14-21-9-7-6-8-10-21)11-12-23(16)40-29-27(39-20(5)33)26(38-19(4)32)25(37-18(3)31)24(41-29)15-35-17(2)30/h6-13,24-27,29H,14-15H2,1-5H3/t24-,25+,26+,27+,29?/m1/s1. The molecule has 12 heteroatoms. The van der Waals surface area contributed by atoms with E-state index >= 15 is 0 Å². The third kappa shape index (κ3) is 9.04. The highest BCUT2D eigenvalue weighted by Crippen LogP contribution is 2.32. The van der Waals surface area contributed by atoms with Gasteiger partial charge in [-0.15, -0.1) is 0 Å². The average molecular weight is 573 g/mol. The van der Waals surface area contributed by atoms with Gasteiger partial charge in [-0.1, -0.05) is 30.3 Å². The zero-order valence-corrected chi connectivity index (χ0v) is 23.3. The summed E-state index contributed by atoms with van der Waals surface area (Å²) >= 11 is 0. The monoisotopic (exact) mass is 572 g/mol. The molecule has 1 saturated heterocycles. The van der Waals surface area contributed by atoms with Crippen molar-refractivity contribution in [1.29, 1.82) is 0 Å². The van der Waals surface area contributed by atoms with Crippen molar-refractivity contribution in [3.63, 3.8) is 0 Å². The molecule has 5 atom stereocenters. The van der Waals surface area contributed by atoms with Crippen LogP contribution in [0, 0.1) is 6.92 Å². The van der Waals surface area contributed by atoms with E-state index in [0.29, 0.717) is 5.56 Å². The lowest BCUT2D eigenvalue weighted by atomic mass is 9.98. The highest BCUT2D eigenvalue weighted by Gasteiger charge is 2.53. The fourth-order valence-corrected chi connectivity index (χ4v) is 4.12. The summed E-state index contributed by atoms with van der Waals surface area (Å²) in [5.41, 5.74) is 1.61. The summed E-state index contributed by atoms with van der Waals surface area (Å²) in [6, 6.07) is 13.8. The van der Waals surface area contributed by atoms with Crippen LogP contribution in [0.2, 0.25) is 0 Å². The lowest BCUT2D eigenvalue weighted by molar-refractivity contribution is -0.288. The van der Waals surface area contributed by atoms with Crippen LogP contribution in [0.25, 0.3) is 0 Å². The Morgan fingerprint density at radius 3 is 1.93 bits per heavy atom. The van der Waals surface area contributed by atoms with Crippen LogP contribution in [-0.4, -0.2) is 67.2 Å². The fraction of sp³-hybridized carbons (Fsp3) is 0.414. The normalized spacial score (nSPS) is 21.6. The zero-order valence-electron chi connectivity index (χ0n) is 23.3. The summed E-state index contributed by atoms with van der Waals surface area (Å²) < 4.78 is 38.6. The quantitative estimate of drug-likeness (QED) is 0.304. The maximum Gasteiger partial charge on any atom is 0.338 e. The van der Waals surface area contributed by atoms with E-state index in [1.807, 2.05) is 30.3 Å². The minimum Gasteiger partial charge on any atom is -0.463 e. The Kier molecular flexibility index (Phi) is 10.8. The van der Waals surface area contributed by atoms with E-state index in [2.05, 4.69) is 0 Å². The summed E-state index contributed by atoms with van der Waals surface area (Å²) in [5.74, 6) is -3.19. The molecule has 12 nitrogen and oxygen atoms in total. The van der Waals surface area contributed by atoms with Crippen LogP contribution in [0.15, 0.2) is 48.5 Å². The minimum absolute atomic E-state index is 0.0989. The number of hydrogen-bond donors (Lipinski definition) is 0. The number of aryl methyl sites for hydroxylation is 1. The number of hydrogen-bond acceptors (Lipinski definition) is 12. The van der Waals surface area contributed by atoms with Crippen molar-refractivity contribution < 1.29 is 57.1 Å². The number of carbonyl (C=O) groups is 5. The lowest BCUT2D eigenvalue weighted by Crippen LogP contribution is -2.63. The van der Waals surface area contributed by atoms with Crippen molar-refractivity contribution in [2.24, 2.45) is 0 Å². The molecule has 0 radical (unpaired) electrons. The maximum absolute atomic E-state index is 12.6. The second-order valence-electron chi connectivity index (χ2n) is 9.23. The Morgan fingerprint density at radius 1 is 0.732 bits per heavy atom. The van der Waals surface area contributed by atoms with Crippen molar-refractivity contribution in [3.05, 3.63) is 65.2 Å². The van der Waals surface area contributed by atoms with Gasteiger partial charge in [-0.25, -0.2) is 4.79 Å². The number of esters is 5. The number of rotatable bonds is 10. The van der Waals surface area contributed by atoms with E-state index in [0.717, 1.165) is 26.3 Å². The van der Waals surface area contributed by atoms with Gasteiger partial charge in [0.2, 0.25) is 12.4 Å². The van der Waals surface area contributed by atoms with E-state index in [9.17, 15) is 24.0 Å². The average Bonchev–Trinajstić information content (AvgIpc) is 2.90. The molecule has 1 fully saturated rings. The van der Waals surface area contributed by atoms with Crippen molar-refractivity contribution in [2.75, 3.05) is 6.61 Å². The molecule has 1 aliphatic heterocycles. The smallest absolute Gasteiger partial charge is 0.338 e. The zero-order chi connectivity index (χ0) is 30.1. The van der Waals surface area contributed by atoms with Gasteiger partial charge in [-0.2, -0.15) is 0 Å². The predicted molar refractivity (Wildman–Crippen MR) is 139 cm³/mol.